The van der Waals surface area contributed by atoms with E-state index in [0.717, 1.165) is 11.7 Å². The van der Waals surface area contributed by atoms with E-state index in [1.54, 1.807) is 0 Å². The van der Waals surface area contributed by atoms with Gasteiger partial charge in [0.2, 0.25) is 0 Å². The first-order valence-electron chi connectivity index (χ1n) is 7.19. The quantitative estimate of drug-likeness (QED) is 0.875. The molecule has 2 heteroatoms. The summed E-state index contributed by atoms with van der Waals surface area (Å²) in [6.07, 6.45) is 5.20. The Morgan fingerprint density at radius 1 is 1.17 bits per heavy atom. The number of hydrogen-bond acceptors (Lipinski definition) is 2. The first-order chi connectivity index (χ1) is 8.70. The third-order valence-corrected chi connectivity index (χ3v) is 4.14. The largest absolute Gasteiger partial charge is 0.494 e. The van der Waals surface area contributed by atoms with Crippen molar-refractivity contribution in [1.29, 1.82) is 0 Å². The summed E-state index contributed by atoms with van der Waals surface area (Å²) in [6.45, 7) is 5.06. The lowest BCUT2D eigenvalue weighted by Gasteiger charge is -2.30. The highest BCUT2D eigenvalue weighted by Crippen LogP contribution is 2.35. The predicted octanol–water partition coefficient (Wildman–Crippen LogP) is 3.91. The lowest BCUT2D eigenvalue weighted by molar-refractivity contribution is 0.256. The van der Waals surface area contributed by atoms with Crippen molar-refractivity contribution in [3.8, 4) is 5.75 Å². The van der Waals surface area contributed by atoms with Crippen molar-refractivity contribution in [1.82, 2.24) is 0 Å². The molecule has 0 aromatic heterocycles. The minimum atomic E-state index is 0.188. The summed E-state index contributed by atoms with van der Waals surface area (Å²) in [5.41, 5.74) is 7.65. The number of hydrogen-bond donors (Lipinski definition) is 1. The van der Waals surface area contributed by atoms with Crippen LogP contribution >= 0.6 is 0 Å². The van der Waals surface area contributed by atoms with Gasteiger partial charge in [0.15, 0.2) is 0 Å². The molecule has 1 aromatic carbocycles. The van der Waals surface area contributed by atoms with Crippen molar-refractivity contribution in [2.24, 2.45) is 17.6 Å². The van der Waals surface area contributed by atoms with Gasteiger partial charge in [-0.2, -0.15) is 0 Å². The van der Waals surface area contributed by atoms with Gasteiger partial charge in [-0.1, -0.05) is 31.9 Å². The fraction of sp³-hybridized carbons (Fsp3) is 0.625. The average Bonchev–Trinajstić information content (AvgIpc) is 2.40. The zero-order valence-electron chi connectivity index (χ0n) is 11.6. The van der Waals surface area contributed by atoms with E-state index in [2.05, 4.69) is 19.1 Å². The maximum atomic E-state index is 6.40. The monoisotopic (exact) mass is 247 g/mol. The van der Waals surface area contributed by atoms with Crippen LogP contribution in [0, 0.1) is 11.8 Å². The van der Waals surface area contributed by atoms with Gasteiger partial charge in [-0.15, -0.1) is 0 Å². The topological polar surface area (TPSA) is 35.2 Å². The molecule has 0 amide bonds. The van der Waals surface area contributed by atoms with Gasteiger partial charge >= 0.3 is 0 Å². The van der Waals surface area contributed by atoms with Gasteiger partial charge in [0.25, 0.3) is 0 Å². The Labute approximate surface area is 111 Å². The average molecular weight is 247 g/mol. The highest BCUT2D eigenvalue weighted by molar-refractivity contribution is 5.29. The van der Waals surface area contributed by atoms with Gasteiger partial charge in [-0.05, 0) is 49.3 Å². The second kappa shape index (κ2) is 6.24. The minimum absolute atomic E-state index is 0.188. The molecule has 18 heavy (non-hydrogen) atoms. The summed E-state index contributed by atoms with van der Waals surface area (Å²) < 4.78 is 5.46. The molecule has 0 radical (unpaired) electrons. The van der Waals surface area contributed by atoms with Gasteiger partial charge in [-0.25, -0.2) is 0 Å². The molecule has 1 aliphatic rings. The molecule has 0 saturated heterocycles. The second-order valence-electron chi connectivity index (χ2n) is 5.55. The van der Waals surface area contributed by atoms with Crippen LogP contribution in [0.2, 0.25) is 0 Å². The molecular weight excluding hydrogens is 222 g/mol. The zero-order chi connectivity index (χ0) is 13.0. The number of benzene rings is 1. The number of nitrogens with two attached hydrogens (primary N) is 1. The first kappa shape index (κ1) is 13.4. The summed E-state index contributed by atoms with van der Waals surface area (Å²) in [7, 11) is 0. The first-order valence-corrected chi connectivity index (χ1v) is 7.19. The maximum absolute atomic E-state index is 6.40. The normalized spacial score (nSPS) is 25.7. The Hall–Kier alpha value is -1.02. The predicted molar refractivity (Wildman–Crippen MR) is 75.7 cm³/mol. The molecule has 0 heterocycles. The van der Waals surface area contributed by atoms with Crippen LogP contribution in [0.3, 0.4) is 0 Å². The maximum Gasteiger partial charge on any atom is 0.119 e. The van der Waals surface area contributed by atoms with Crippen LogP contribution in [0.15, 0.2) is 24.3 Å². The van der Waals surface area contributed by atoms with Crippen LogP contribution in [0.5, 0.6) is 5.75 Å². The van der Waals surface area contributed by atoms with Crippen LogP contribution in [0.25, 0.3) is 0 Å². The van der Waals surface area contributed by atoms with E-state index in [9.17, 15) is 0 Å². The Kier molecular flexibility index (Phi) is 4.65. The SMILES string of the molecule is CCOc1ccc(C(N)C2CCC(C)CC2)cc1. The van der Waals surface area contributed by atoms with Crippen molar-refractivity contribution >= 4 is 0 Å². The molecule has 2 nitrogen and oxygen atoms in total. The van der Waals surface area contributed by atoms with Crippen molar-refractivity contribution in [2.75, 3.05) is 6.61 Å². The second-order valence-corrected chi connectivity index (χ2v) is 5.55. The van der Waals surface area contributed by atoms with E-state index in [4.69, 9.17) is 10.5 Å². The highest BCUT2D eigenvalue weighted by Gasteiger charge is 2.24. The minimum Gasteiger partial charge on any atom is -0.494 e. The summed E-state index contributed by atoms with van der Waals surface area (Å²) in [4.78, 5) is 0. The fourth-order valence-electron chi connectivity index (χ4n) is 2.87. The van der Waals surface area contributed by atoms with E-state index in [-0.39, 0.29) is 6.04 Å². The van der Waals surface area contributed by atoms with Crippen LogP contribution in [0.4, 0.5) is 0 Å². The van der Waals surface area contributed by atoms with Gasteiger partial charge in [0.05, 0.1) is 6.61 Å². The molecule has 1 aromatic rings. The molecule has 1 saturated carbocycles. The summed E-state index contributed by atoms with van der Waals surface area (Å²) >= 11 is 0. The van der Waals surface area contributed by atoms with Crippen LogP contribution in [-0.4, -0.2) is 6.61 Å². The fourth-order valence-corrected chi connectivity index (χ4v) is 2.87. The highest BCUT2D eigenvalue weighted by atomic mass is 16.5. The van der Waals surface area contributed by atoms with Gasteiger partial charge in [-0.3, -0.25) is 0 Å². The zero-order valence-corrected chi connectivity index (χ0v) is 11.6. The molecule has 100 valence electrons. The van der Waals surface area contributed by atoms with Crippen molar-refractivity contribution < 1.29 is 4.74 Å². The van der Waals surface area contributed by atoms with Crippen molar-refractivity contribution in [2.45, 2.75) is 45.6 Å². The van der Waals surface area contributed by atoms with Crippen LogP contribution in [-0.2, 0) is 0 Å². The molecular formula is C16H25NO. The summed E-state index contributed by atoms with van der Waals surface area (Å²) in [5.74, 6) is 2.47. The lowest BCUT2D eigenvalue weighted by atomic mass is 9.78. The van der Waals surface area contributed by atoms with E-state index >= 15 is 0 Å². The Bertz CT molecular complexity index is 352. The number of rotatable bonds is 4. The molecule has 2 N–H and O–H groups in total. The Morgan fingerprint density at radius 2 is 1.78 bits per heavy atom. The van der Waals surface area contributed by atoms with Gasteiger partial charge in [0, 0.05) is 6.04 Å². The number of ether oxygens (including phenoxy) is 1. The van der Waals surface area contributed by atoms with Gasteiger partial charge < -0.3 is 10.5 Å². The van der Waals surface area contributed by atoms with E-state index < -0.39 is 0 Å². The van der Waals surface area contributed by atoms with Crippen molar-refractivity contribution in [3.05, 3.63) is 29.8 Å². The van der Waals surface area contributed by atoms with E-state index in [0.29, 0.717) is 12.5 Å². The third-order valence-electron chi connectivity index (χ3n) is 4.14. The van der Waals surface area contributed by atoms with Crippen LogP contribution < -0.4 is 10.5 Å². The summed E-state index contributed by atoms with van der Waals surface area (Å²) in [5, 5.41) is 0. The Balaban J connectivity index is 1.97. The molecule has 1 fully saturated rings. The smallest absolute Gasteiger partial charge is 0.119 e. The van der Waals surface area contributed by atoms with Crippen molar-refractivity contribution in [3.63, 3.8) is 0 Å². The third kappa shape index (κ3) is 3.26. The van der Waals surface area contributed by atoms with Crippen LogP contribution in [0.1, 0.15) is 51.1 Å². The molecule has 2 rings (SSSR count). The molecule has 1 unspecified atom stereocenters. The standard InChI is InChI=1S/C16H25NO/c1-3-18-15-10-8-14(9-11-15)16(17)13-6-4-12(2)5-7-13/h8-13,16H,3-7,17H2,1-2H3. The molecule has 0 aliphatic heterocycles. The lowest BCUT2D eigenvalue weighted by Crippen LogP contribution is -2.25. The molecule has 1 aliphatic carbocycles. The van der Waals surface area contributed by atoms with E-state index in [1.165, 1.54) is 31.2 Å². The molecule has 0 bridgehead atoms. The molecule has 0 spiro atoms. The van der Waals surface area contributed by atoms with E-state index in [1.807, 2.05) is 19.1 Å². The van der Waals surface area contributed by atoms with Gasteiger partial charge in [0.1, 0.15) is 5.75 Å². The summed E-state index contributed by atoms with van der Waals surface area (Å²) in [6, 6.07) is 8.49. The molecule has 1 atom stereocenters. The Morgan fingerprint density at radius 3 is 2.33 bits per heavy atom.